The van der Waals surface area contributed by atoms with Gasteiger partial charge in [-0.15, -0.1) is 0 Å². The fourth-order valence-corrected chi connectivity index (χ4v) is 3.36. The summed E-state index contributed by atoms with van der Waals surface area (Å²) in [6.07, 6.45) is 2.25. The van der Waals surface area contributed by atoms with Crippen molar-refractivity contribution in [3.8, 4) is 0 Å². The predicted octanol–water partition coefficient (Wildman–Crippen LogP) is 1.70. The second-order valence-electron chi connectivity index (χ2n) is 7.83. The van der Waals surface area contributed by atoms with Crippen molar-refractivity contribution >= 4 is 12.0 Å². The molecule has 0 saturated carbocycles. The number of ether oxygens (including phenoxy) is 1. The highest BCUT2D eigenvalue weighted by Gasteiger charge is 2.39. The molecule has 6 heteroatoms. The minimum absolute atomic E-state index is 0.0329. The molecule has 23 heavy (non-hydrogen) atoms. The first-order valence-corrected chi connectivity index (χ1v) is 8.69. The number of hydrogen-bond acceptors (Lipinski definition) is 4. The first-order chi connectivity index (χ1) is 10.7. The summed E-state index contributed by atoms with van der Waals surface area (Å²) in [7, 11) is 0. The quantitative estimate of drug-likeness (QED) is 0.854. The zero-order valence-corrected chi connectivity index (χ0v) is 14.9. The van der Waals surface area contributed by atoms with Crippen LogP contribution in [0, 0.1) is 11.8 Å². The maximum absolute atomic E-state index is 12.0. The molecular weight excluding hydrogens is 294 g/mol. The van der Waals surface area contributed by atoms with Gasteiger partial charge >= 0.3 is 6.09 Å². The lowest BCUT2D eigenvalue weighted by Gasteiger charge is -2.46. The van der Waals surface area contributed by atoms with Gasteiger partial charge in [-0.2, -0.15) is 0 Å². The van der Waals surface area contributed by atoms with Gasteiger partial charge in [0.15, 0.2) is 0 Å². The van der Waals surface area contributed by atoms with Crippen molar-refractivity contribution in [2.45, 2.75) is 46.1 Å². The Bertz CT molecular complexity index is 427. The Morgan fingerprint density at radius 2 is 1.87 bits per heavy atom. The van der Waals surface area contributed by atoms with Crippen LogP contribution >= 0.6 is 0 Å². The van der Waals surface area contributed by atoms with Gasteiger partial charge in [0.1, 0.15) is 5.60 Å². The van der Waals surface area contributed by atoms with Gasteiger partial charge in [-0.05, 0) is 52.0 Å². The van der Waals surface area contributed by atoms with E-state index in [-0.39, 0.29) is 12.0 Å². The predicted molar refractivity (Wildman–Crippen MR) is 89.1 cm³/mol. The second kappa shape index (κ2) is 7.51. The highest BCUT2D eigenvalue weighted by molar-refractivity contribution is 5.72. The lowest BCUT2D eigenvalue weighted by molar-refractivity contribution is -0.119. The average Bonchev–Trinajstić information content (AvgIpc) is 2.34. The number of hydrogen-bond donors (Lipinski definition) is 1. The van der Waals surface area contributed by atoms with E-state index in [9.17, 15) is 9.59 Å². The number of nitrogens with zero attached hydrogens (tertiary/aromatic N) is 2. The van der Waals surface area contributed by atoms with E-state index in [1.807, 2.05) is 25.7 Å². The third-order valence-corrected chi connectivity index (χ3v) is 4.57. The number of carbonyl (C=O) groups excluding carboxylic acids is 2. The number of likely N-dealkylation sites (tertiary alicyclic amines) is 2. The van der Waals surface area contributed by atoms with Crippen LogP contribution in [0.15, 0.2) is 0 Å². The molecule has 132 valence electrons. The van der Waals surface area contributed by atoms with Crippen LogP contribution in [-0.2, 0) is 9.53 Å². The van der Waals surface area contributed by atoms with Gasteiger partial charge in [0, 0.05) is 39.6 Å². The molecule has 0 radical (unpaired) electrons. The Hall–Kier alpha value is -1.30. The molecular formula is C17H31N3O3. The molecule has 2 amide bonds. The molecule has 0 aromatic carbocycles. The van der Waals surface area contributed by atoms with E-state index in [1.165, 1.54) is 12.8 Å². The molecule has 0 aromatic rings. The summed E-state index contributed by atoms with van der Waals surface area (Å²) in [6, 6.07) is 0. The fourth-order valence-electron chi connectivity index (χ4n) is 3.36. The number of piperidine rings is 1. The second-order valence-corrected chi connectivity index (χ2v) is 7.83. The summed E-state index contributed by atoms with van der Waals surface area (Å²) in [6.45, 7) is 12.7. The Balaban J connectivity index is 1.70. The summed E-state index contributed by atoms with van der Waals surface area (Å²) in [5, 5.41) is 2.86. The Morgan fingerprint density at radius 3 is 2.48 bits per heavy atom. The first-order valence-electron chi connectivity index (χ1n) is 8.69. The molecule has 0 aliphatic carbocycles. The van der Waals surface area contributed by atoms with Crippen molar-refractivity contribution in [3.63, 3.8) is 0 Å². The SMILES string of the molecule is CC(=O)NCCN1CCCC(C2CN(C(=O)OC(C)(C)C)C2)C1. The molecule has 2 aliphatic rings. The maximum Gasteiger partial charge on any atom is 0.410 e. The van der Waals surface area contributed by atoms with E-state index in [2.05, 4.69) is 10.2 Å². The Kier molecular flexibility index (Phi) is 5.89. The average molecular weight is 325 g/mol. The molecule has 0 bridgehead atoms. The molecule has 1 N–H and O–H groups in total. The summed E-state index contributed by atoms with van der Waals surface area (Å²) < 4.78 is 5.41. The molecule has 0 aromatic heterocycles. The zero-order valence-electron chi connectivity index (χ0n) is 14.9. The largest absolute Gasteiger partial charge is 0.444 e. The minimum atomic E-state index is -0.423. The van der Waals surface area contributed by atoms with Gasteiger partial charge in [-0.25, -0.2) is 4.79 Å². The van der Waals surface area contributed by atoms with Gasteiger partial charge in [-0.3, -0.25) is 4.79 Å². The van der Waals surface area contributed by atoms with Crippen LogP contribution < -0.4 is 5.32 Å². The van der Waals surface area contributed by atoms with Crippen LogP contribution in [-0.4, -0.2) is 66.7 Å². The molecule has 1 unspecified atom stereocenters. The van der Waals surface area contributed by atoms with Crippen molar-refractivity contribution in [2.24, 2.45) is 11.8 Å². The number of amides is 2. The molecule has 2 rings (SSSR count). The van der Waals surface area contributed by atoms with Gasteiger partial charge in [0.25, 0.3) is 0 Å². The van der Waals surface area contributed by atoms with Crippen LogP contribution in [0.5, 0.6) is 0 Å². The number of carbonyl (C=O) groups is 2. The van der Waals surface area contributed by atoms with Crippen LogP contribution in [0.1, 0.15) is 40.5 Å². The monoisotopic (exact) mass is 325 g/mol. The van der Waals surface area contributed by atoms with Gasteiger partial charge in [0.2, 0.25) is 5.91 Å². The smallest absolute Gasteiger partial charge is 0.410 e. The molecule has 2 aliphatic heterocycles. The summed E-state index contributed by atoms with van der Waals surface area (Å²) >= 11 is 0. The molecule has 2 heterocycles. The summed E-state index contributed by atoms with van der Waals surface area (Å²) in [5.74, 6) is 1.27. The van der Waals surface area contributed by atoms with Crippen molar-refractivity contribution in [2.75, 3.05) is 39.3 Å². The zero-order chi connectivity index (χ0) is 17.0. The third kappa shape index (κ3) is 5.68. The highest BCUT2D eigenvalue weighted by atomic mass is 16.6. The standard InChI is InChI=1S/C17H31N3O3/c1-13(21)18-7-9-19-8-5-6-14(10-19)15-11-20(12-15)16(22)23-17(2,3)4/h14-15H,5-12H2,1-4H3,(H,18,21). The van der Waals surface area contributed by atoms with Gasteiger partial charge < -0.3 is 19.9 Å². The van der Waals surface area contributed by atoms with E-state index in [0.717, 1.165) is 39.3 Å². The summed E-state index contributed by atoms with van der Waals surface area (Å²) in [4.78, 5) is 27.2. The Morgan fingerprint density at radius 1 is 1.17 bits per heavy atom. The van der Waals surface area contributed by atoms with Crippen molar-refractivity contribution in [1.82, 2.24) is 15.1 Å². The van der Waals surface area contributed by atoms with E-state index in [1.54, 1.807) is 6.92 Å². The summed E-state index contributed by atoms with van der Waals surface area (Å²) in [5.41, 5.74) is -0.423. The van der Waals surface area contributed by atoms with Crippen LogP contribution in [0.2, 0.25) is 0 Å². The normalized spacial score (nSPS) is 23.3. The number of rotatable bonds is 4. The van der Waals surface area contributed by atoms with Crippen LogP contribution in [0.3, 0.4) is 0 Å². The lowest BCUT2D eigenvalue weighted by atomic mass is 9.81. The highest BCUT2D eigenvalue weighted by Crippen LogP contribution is 2.31. The van der Waals surface area contributed by atoms with Crippen molar-refractivity contribution in [3.05, 3.63) is 0 Å². The molecule has 6 nitrogen and oxygen atoms in total. The van der Waals surface area contributed by atoms with Gasteiger partial charge in [-0.1, -0.05) is 0 Å². The number of nitrogens with one attached hydrogen (secondary N) is 1. The van der Waals surface area contributed by atoms with E-state index in [4.69, 9.17) is 4.74 Å². The topological polar surface area (TPSA) is 61.9 Å². The van der Waals surface area contributed by atoms with E-state index in [0.29, 0.717) is 11.8 Å². The fraction of sp³-hybridized carbons (Fsp3) is 0.882. The molecule has 2 fully saturated rings. The van der Waals surface area contributed by atoms with Crippen LogP contribution in [0.25, 0.3) is 0 Å². The molecule has 2 saturated heterocycles. The first kappa shape index (κ1) is 18.0. The van der Waals surface area contributed by atoms with Crippen molar-refractivity contribution in [1.29, 1.82) is 0 Å². The van der Waals surface area contributed by atoms with Crippen molar-refractivity contribution < 1.29 is 14.3 Å². The molecule has 1 atom stereocenters. The van der Waals surface area contributed by atoms with E-state index < -0.39 is 5.60 Å². The molecule has 0 spiro atoms. The maximum atomic E-state index is 12.0. The van der Waals surface area contributed by atoms with Gasteiger partial charge in [0.05, 0.1) is 0 Å². The van der Waals surface area contributed by atoms with E-state index >= 15 is 0 Å². The third-order valence-electron chi connectivity index (χ3n) is 4.57. The van der Waals surface area contributed by atoms with Crippen LogP contribution in [0.4, 0.5) is 4.79 Å². The minimum Gasteiger partial charge on any atom is -0.444 e. The Labute approximate surface area is 139 Å². The lowest BCUT2D eigenvalue weighted by Crippen LogP contribution is -2.56.